The molecule has 0 aliphatic heterocycles. The van der Waals surface area contributed by atoms with E-state index < -0.39 is 23.6 Å². The molecule has 21 heavy (non-hydrogen) atoms. The van der Waals surface area contributed by atoms with Crippen molar-refractivity contribution in [1.82, 2.24) is 4.90 Å². The van der Waals surface area contributed by atoms with E-state index >= 15 is 0 Å². The number of alkyl halides is 4. The van der Waals surface area contributed by atoms with Crippen LogP contribution in [-0.4, -0.2) is 40.3 Å². The fraction of sp³-hybridized carbons (Fsp3) is 0.417. The Labute approximate surface area is 127 Å². The third-order valence-corrected chi connectivity index (χ3v) is 3.02. The van der Waals surface area contributed by atoms with Gasteiger partial charge in [0.15, 0.2) is 0 Å². The summed E-state index contributed by atoms with van der Waals surface area (Å²) in [5, 5.41) is 11.0. The number of carbonyl (C=O) groups is 1. The van der Waals surface area contributed by atoms with Gasteiger partial charge < -0.3 is 4.90 Å². The van der Waals surface area contributed by atoms with Gasteiger partial charge >= 0.3 is 6.18 Å². The van der Waals surface area contributed by atoms with E-state index in [2.05, 4.69) is 15.9 Å². The molecule has 0 heterocycles. The number of rotatable bonds is 5. The van der Waals surface area contributed by atoms with Gasteiger partial charge in [0.05, 0.1) is 4.92 Å². The molecule has 5 nitrogen and oxygen atoms in total. The van der Waals surface area contributed by atoms with Gasteiger partial charge in [-0.05, 0) is 13.0 Å². The number of benzene rings is 1. The van der Waals surface area contributed by atoms with Gasteiger partial charge in [0.2, 0.25) is 0 Å². The molecule has 0 aliphatic carbocycles. The smallest absolute Gasteiger partial charge is 0.329 e. The molecule has 0 fully saturated rings. The molecule has 0 unspecified atom stereocenters. The molecule has 116 valence electrons. The lowest BCUT2D eigenvalue weighted by molar-refractivity contribution is -0.385. The monoisotopic (exact) mass is 368 g/mol. The van der Waals surface area contributed by atoms with Crippen LogP contribution in [0.15, 0.2) is 18.2 Å². The largest absolute Gasteiger partial charge is 0.406 e. The SMILES string of the molecule is Cc1ccc(C(=O)N(CCBr)CC(F)(F)F)cc1[N+](=O)[O-]. The van der Waals surface area contributed by atoms with E-state index in [-0.39, 0.29) is 23.1 Å². The van der Waals surface area contributed by atoms with Crippen molar-refractivity contribution in [2.24, 2.45) is 0 Å². The van der Waals surface area contributed by atoms with Crippen LogP contribution >= 0.6 is 15.9 Å². The van der Waals surface area contributed by atoms with Gasteiger partial charge in [-0.15, -0.1) is 0 Å². The molecule has 0 saturated carbocycles. The summed E-state index contributed by atoms with van der Waals surface area (Å²) in [6.07, 6.45) is -4.53. The second kappa shape index (κ2) is 6.88. The summed E-state index contributed by atoms with van der Waals surface area (Å²) in [6, 6.07) is 3.61. The Bertz CT molecular complexity index is 549. The van der Waals surface area contributed by atoms with Crippen molar-refractivity contribution >= 4 is 27.5 Å². The van der Waals surface area contributed by atoms with Crippen molar-refractivity contribution < 1.29 is 22.9 Å². The van der Waals surface area contributed by atoms with E-state index in [4.69, 9.17) is 0 Å². The van der Waals surface area contributed by atoms with Gasteiger partial charge in [-0.25, -0.2) is 0 Å². The number of aryl methyl sites for hydroxylation is 1. The van der Waals surface area contributed by atoms with Gasteiger partial charge in [0.25, 0.3) is 11.6 Å². The van der Waals surface area contributed by atoms with E-state index in [1.54, 1.807) is 0 Å². The number of nitrogens with zero attached hydrogens (tertiary/aromatic N) is 2. The summed E-state index contributed by atoms with van der Waals surface area (Å²) in [4.78, 5) is 22.8. The molecule has 0 aromatic heterocycles. The van der Waals surface area contributed by atoms with Crippen molar-refractivity contribution in [3.05, 3.63) is 39.4 Å². The lowest BCUT2D eigenvalue weighted by atomic mass is 10.1. The van der Waals surface area contributed by atoms with Crippen molar-refractivity contribution in [1.29, 1.82) is 0 Å². The average molecular weight is 369 g/mol. The maximum Gasteiger partial charge on any atom is 0.406 e. The first-order valence-electron chi connectivity index (χ1n) is 5.82. The lowest BCUT2D eigenvalue weighted by Gasteiger charge is -2.23. The highest BCUT2D eigenvalue weighted by molar-refractivity contribution is 9.09. The highest BCUT2D eigenvalue weighted by Crippen LogP contribution is 2.22. The first kappa shape index (κ1) is 17.4. The Balaban J connectivity index is 3.09. The topological polar surface area (TPSA) is 63.5 Å². The quantitative estimate of drug-likeness (QED) is 0.455. The molecule has 1 aromatic rings. The fourth-order valence-electron chi connectivity index (χ4n) is 1.69. The molecular formula is C12H12BrF3N2O3. The van der Waals surface area contributed by atoms with Gasteiger partial charge in [0, 0.05) is 29.1 Å². The highest BCUT2D eigenvalue weighted by atomic mass is 79.9. The van der Waals surface area contributed by atoms with Crippen molar-refractivity contribution in [2.45, 2.75) is 13.1 Å². The number of nitro benzene ring substituents is 1. The third-order valence-electron chi connectivity index (χ3n) is 2.66. The fourth-order valence-corrected chi connectivity index (χ4v) is 2.12. The minimum Gasteiger partial charge on any atom is -0.329 e. The normalized spacial score (nSPS) is 11.3. The molecule has 1 amide bonds. The summed E-state index contributed by atoms with van der Waals surface area (Å²) in [5.74, 6) is -0.894. The molecule has 0 aliphatic rings. The summed E-state index contributed by atoms with van der Waals surface area (Å²) in [7, 11) is 0. The molecule has 0 atom stereocenters. The zero-order valence-electron chi connectivity index (χ0n) is 11.0. The zero-order valence-corrected chi connectivity index (χ0v) is 12.6. The van der Waals surface area contributed by atoms with Crippen molar-refractivity contribution in [3.63, 3.8) is 0 Å². The minimum absolute atomic E-state index is 0.141. The van der Waals surface area contributed by atoms with E-state index in [1.165, 1.54) is 19.1 Å². The molecule has 0 saturated heterocycles. The van der Waals surface area contributed by atoms with Gasteiger partial charge in [-0.2, -0.15) is 13.2 Å². The Morgan fingerprint density at radius 3 is 2.52 bits per heavy atom. The summed E-state index contributed by atoms with van der Waals surface area (Å²) in [5.41, 5.74) is -0.108. The molecular weight excluding hydrogens is 357 g/mol. The van der Waals surface area contributed by atoms with Gasteiger partial charge in [-0.1, -0.05) is 22.0 Å². The van der Waals surface area contributed by atoms with Crippen LogP contribution in [0.25, 0.3) is 0 Å². The van der Waals surface area contributed by atoms with Crippen LogP contribution in [0.5, 0.6) is 0 Å². The number of hydrogen-bond donors (Lipinski definition) is 0. The number of nitro groups is 1. The van der Waals surface area contributed by atoms with Gasteiger partial charge in [0.1, 0.15) is 6.54 Å². The molecule has 9 heteroatoms. The highest BCUT2D eigenvalue weighted by Gasteiger charge is 2.33. The van der Waals surface area contributed by atoms with Crippen LogP contribution in [0.3, 0.4) is 0 Å². The Hall–Kier alpha value is -1.64. The second-order valence-electron chi connectivity index (χ2n) is 4.29. The van der Waals surface area contributed by atoms with E-state index in [1.807, 2.05) is 0 Å². The summed E-state index contributed by atoms with van der Waals surface area (Å²) in [6.45, 7) is -0.0719. The van der Waals surface area contributed by atoms with Crippen LogP contribution in [-0.2, 0) is 0 Å². The molecule has 0 spiro atoms. The first-order chi connectivity index (χ1) is 9.65. The maximum atomic E-state index is 12.5. The second-order valence-corrected chi connectivity index (χ2v) is 5.08. The van der Waals surface area contributed by atoms with E-state index in [9.17, 15) is 28.1 Å². The Kier molecular flexibility index (Phi) is 5.70. The van der Waals surface area contributed by atoms with Crippen LogP contribution in [0, 0.1) is 17.0 Å². The third kappa shape index (κ3) is 5.00. The van der Waals surface area contributed by atoms with Crippen molar-refractivity contribution in [3.8, 4) is 0 Å². The van der Waals surface area contributed by atoms with Crippen LogP contribution in [0.2, 0.25) is 0 Å². The molecule has 1 aromatic carbocycles. The molecule has 0 radical (unpaired) electrons. The Morgan fingerprint density at radius 1 is 1.43 bits per heavy atom. The van der Waals surface area contributed by atoms with Crippen LogP contribution in [0.4, 0.5) is 18.9 Å². The predicted octanol–water partition coefficient (Wildman–Crippen LogP) is 3.30. The number of hydrogen-bond acceptors (Lipinski definition) is 3. The zero-order chi connectivity index (χ0) is 16.2. The molecule has 1 rings (SSSR count). The Morgan fingerprint density at radius 2 is 2.05 bits per heavy atom. The number of carbonyl (C=O) groups excluding carboxylic acids is 1. The average Bonchev–Trinajstić information content (AvgIpc) is 2.36. The standard InChI is InChI=1S/C12H12BrF3N2O3/c1-8-2-3-9(6-10(8)18(20)21)11(19)17(5-4-13)7-12(14,15)16/h2-3,6H,4-5,7H2,1H3. The van der Waals surface area contributed by atoms with Crippen LogP contribution in [0.1, 0.15) is 15.9 Å². The summed E-state index contributed by atoms with van der Waals surface area (Å²) >= 11 is 2.98. The predicted molar refractivity (Wildman–Crippen MR) is 73.6 cm³/mol. The number of amides is 1. The van der Waals surface area contributed by atoms with Gasteiger partial charge in [-0.3, -0.25) is 14.9 Å². The minimum atomic E-state index is -4.53. The molecule has 0 bridgehead atoms. The maximum absolute atomic E-state index is 12.5. The van der Waals surface area contributed by atoms with E-state index in [0.29, 0.717) is 10.5 Å². The van der Waals surface area contributed by atoms with E-state index in [0.717, 1.165) is 6.07 Å². The van der Waals surface area contributed by atoms with Crippen molar-refractivity contribution in [2.75, 3.05) is 18.4 Å². The number of halogens is 4. The summed E-state index contributed by atoms with van der Waals surface area (Å²) < 4.78 is 37.4. The van der Waals surface area contributed by atoms with Crippen LogP contribution < -0.4 is 0 Å². The lowest BCUT2D eigenvalue weighted by Crippen LogP contribution is -2.40. The first-order valence-corrected chi connectivity index (χ1v) is 6.95. The molecule has 0 N–H and O–H groups in total.